The van der Waals surface area contributed by atoms with Crippen LogP contribution in [0.1, 0.15) is 19.8 Å². The molecule has 5 N–H and O–H groups in total. The van der Waals surface area contributed by atoms with E-state index in [0.29, 0.717) is 6.04 Å². The van der Waals surface area contributed by atoms with Crippen molar-refractivity contribution in [1.82, 2.24) is 10.6 Å². The van der Waals surface area contributed by atoms with Crippen LogP contribution in [0.25, 0.3) is 0 Å². The molecular formula is C9H17N3O3. The summed E-state index contributed by atoms with van der Waals surface area (Å²) in [7, 11) is 0. The lowest BCUT2D eigenvalue weighted by molar-refractivity contribution is -0.127. The van der Waals surface area contributed by atoms with Crippen LogP contribution in [-0.2, 0) is 9.59 Å². The summed E-state index contributed by atoms with van der Waals surface area (Å²) in [6.07, 6.45) is 0.811. The number of carbonyl (C=O) groups is 2. The van der Waals surface area contributed by atoms with Crippen LogP contribution in [0.2, 0.25) is 0 Å². The zero-order valence-corrected chi connectivity index (χ0v) is 8.69. The summed E-state index contributed by atoms with van der Waals surface area (Å²) < 4.78 is 0. The van der Waals surface area contributed by atoms with Crippen molar-refractivity contribution in [2.45, 2.75) is 38.0 Å². The molecule has 0 aliphatic heterocycles. The minimum atomic E-state index is -1.25. The van der Waals surface area contributed by atoms with Gasteiger partial charge in [-0.15, -0.1) is 0 Å². The van der Waals surface area contributed by atoms with Gasteiger partial charge in [0.05, 0.1) is 6.04 Å². The third kappa shape index (κ3) is 4.26. The van der Waals surface area contributed by atoms with E-state index in [0.717, 1.165) is 12.8 Å². The Morgan fingerprint density at radius 1 is 1.53 bits per heavy atom. The molecule has 2 unspecified atom stereocenters. The molecule has 0 aromatic heterocycles. The van der Waals surface area contributed by atoms with Crippen LogP contribution in [0.4, 0.5) is 0 Å². The second-order valence-corrected chi connectivity index (χ2v) is 3.83. The van der Waals surface area contributed by atoms with Crippen LogP contribution in [0.5, 0.6) is 0 Å². The first-order chi connectivity index (χ1) is 7.00. The lowest BCUT2D eigenvalue weighted by Crippen LogP contribution is -2.47. The highest BCUT2D eigenvalue weighted by atomic mass is 16.3. The highest BCUT2D eigenvalue weighted by Gasteiger charge is 2.25. The monoisotopic (exact) mass is 215 g/mol. The predicted molar refractivity (Wildman–Crippen MR) is 53.8 cm³/mol. The third-order valence-electron chi connectivity index (χ3n) is 2.26. The van der Waals surface area contributed by atoms with Gasteiger partial charge < -0.3 is 21.5 Å². The fourth-order valence-electron chi connectivity index (χ4n) is 1.04. The Morgan fingerprint density at radius 3 is 2.60 bits per heavy atom. The Hall–Kier alpha value is -1.14. The molecule has 0 aromatic rings. The van der Waals surface area contributed by atoms with Crippen LogP contribution in [0.15, 0.2) is 0 Å². The van der Waals surface area contributed by atoms with Crippen molar-refractivity contribution in [2.75, 3.05) is 6.54 Å². The van der Waals surface area contributed by atoms with E-state index < -0.39 is 18.1 Å². The first kappa shape index (κ1) is 11.9. The topological polar surface area (TPSA) is 104 Å². The molecule has 2 atom stereocenters. The van der Waals surface area contributed by atoms with E-state index in [1.54, 1.807) is 6.92 Å². The maximum atomic E-state index is 11.4. The minimum Gasteiger partial charge on any atom is -0.382 e. The maximum absolute atomic E-state index is 11.4. The van der Waals surface area contributed by atoms with Gasteiger partial charge in [-0.3, -0.25) is 9.59 Å². The molecule has 0 aromatic carbocycles. The van der Waals surface area contributed by atoms with E-state index in [9.17, 15) is 9.59 Å². The van der Waals surface area contributed by atoms with Gasteiger partial charge in [-0.05, 0) is 19.8 Å². The first-order valence-corrected chi connectivity index (χ1v) is 5.02. The predicted octanol–water partition coefficient (Wildman–Crippen LogP) is -1.91. The molecule has 6 heteroatoms. The van der Waals surface area contributed by atoms with Crippen LogP contribution < -0.4 is 16.4 Å². The Kier molecular flexibility index (Phi) is 4.05. The molecule has 1 fully saturated rings. The molecule has 1 saturated carbocycles. The number of aliphatic hydroxyl groups is 1. The fraction of sp³-hybridized carbons (Fsp3) is 0.778. The molecule has 86 valence electrons. The third-order valence-corrected chi connectivity index (χ3v) is 2.26. The van der Waals surface area contributed by atoms with Gasteiger partial charge in [-0.2, -0.15) is 0 Å². The van der Waals surface area contributed by atoms with E-state index in [-0.39, 0.29) is 12.5 Å². The summed E-state index contributed by atoms with van der Waals surface area (Å²) in [4.78, 5) is 21.9. The van der Waals surface area contributed by atoms with Gasteiger partial charge in [-0.25, -0.2) is 0 Å². The zero-order chi connectivity index (χ0) is 11.4. The largest absolute Gasteiger partial charge is 0.382 e. The van der Waals surface area contributed by atoms with Crippen molar-refractivity contribution in [3.63, 3.8) is 0 Å². The van der Waals surface area contributed by atoms with Crippen LogP contribution >= 0.6 is 0 Å². The Morgan fingerprint density at radius 2 is 2.13 bits per heavy atom. The molecule has 0 radical (unpaired) electrons. The first-order valence-electron chi connectivity index (χ1n) is 5.02. The minimum absolute atomic E-state index is 0.00537. The van der Waals surface area contributed by atoms with Crippen molar-refractivity contribution in [3.05, 3.63) is 0 Å². The molecule has 1 rings (SSSR count). The number of nitrogens with one attached hydrogen (secondary N) is 2. The van der Waals surface area contributed by atoms with Crippen molar-refractivity contribution < 1.29 is 14.7 Å². The Balaban J connectivity index is 2.18. The number of nitrogens with two attached hydrogens (primary N) is 1. The van der Waals surface area contributed by atoms with Gasteiger partial charge in [0.15, 0.2) is 0 Å². The second kappa shape index (κ2) is 5.09. The van der Waals surface area contributed by atoms with E-state index in [2.05, 4.69) is 10.6 Å². The fourth-order valence-corrected chi connectivity index (χ4v) is 1.04. The van der Waals surface area contributed by atoms with E-state index in [1.165, 1.54) is 0 Å². The molecule has 2 amide bonds. The number of carbonyl (C=O) groups excluding carboxylic acids is 2. The van der Waals surface area contributed by atoms with Gasteiger partial charge >= 0.3 is 0 Å². The van der Waals surface area contributed by atoms with Crippen molar-refractivity contribution in [1.29, 1.82) is 0 Å². The Labute approximate surface area is 88.2 Å². The molecule has 6 nitrogen and oxygen atoms in total. The lowest BCUT2D eigenvalue weighted by Gasteiger charge is -2.15. The number of amides is 2. The van der Waals surface area contributed by atoms with Crippen LogP contribution in [-0.4, -0.2) is 41.7 Å². The van der Waals surface area contributed by atoms with Gasteiger partial charge in [0, 0.05) is 12.6 Å². The van der Waals surface area contributed by atoms with Crippen molar-refractivity contribution in [2.24, 2.45) is 5.73 Å². The van der Waals surface area contributed by atoms with Gasteiger partial charge in [0.25, 0.3) is 0 Å². The molecular weight excluding hydrogens is 198 g/mol. The normalized spacial score (nSPS) is 19.3. The van der Waals surface area contributed by atoms with Crippen molar-refractivity contribution in [3.8, 4) is 0 Å². The quantitative estimate of drug-likeness (QED) is 0.415. The van der Waals surface area contributed by atoms with E-state index >= 15 is 0 Å². The van der Waals surface area contributed by atoms with Crippen molar-refractivity contribution >= 4 is 11.8 Å². The number of hydrogen-bond acceptors (Lipinski definition) is 4. The highest BCUT2D eigenvalue weighted by Crippen LogP contribution is 2.18. The number of hydrogen-bond donors (Lipinski definition) is 4. The summed E-state index contributed by atoms with van der Waals surface area (Å²) in [5.74, 6) is -0.911. The highest BCUT2D eigenvalue weighted by molar-refractivity contribution is 5.82. The summed E-state index contributed by atoms with van der Waals surface area (Å²) in [6, 6.07) is -0.123. The lowest BCUT2D eigenvalue weighted by atomic mass is 10.2. The molecule has 0 saturated heterocycles. The molecule has 0 spiro atoms. The van der Waals surface area contributed by atoms with Gasteiger partial charge in [0.2, 0.25) is 11.8 Å². The maximum Gasteiger partial charge on any atom is 0.247 e. The average molecular weight is 215 g/mol. The Bertz CT molecular complexity index is 253. The molecule has 0 heterocycles. The molecule has 1 aliphatic rings. The van der Waals surface area contributed by atoms with E-state index in [1.807, 2.05) is 0 Å². The molecule has 0 bridgehead atoms. The summed E-state index contributed by atoms with van der Waals surface area (Å²) >= 11 is 0. The van der Waals surface area contributed by atoms with E-state index in [4.69, 9.17) is 10.8 Å². The van der Waals surface area contributed by atoms with Gasteiger partial charge in [0.1, 0.15) is 6.10 Å². The summed E-state index contributed by atoms with van der Waals surface area (Å²) in [6.45, 7) is 1.67. The zero-order valence-electron chi connectivity index (χ0n) is 8.69. The smallest absolute Gasteiger partial charge is 0.247 e. The average Bonchev–Trinajstić information content (AvgIpc) is 2.96. The van der Waals surface area contributed by atoms with Crippen LogP contribution in [0.3, 0.4) is 0 Å². The van der Waals surface area contributed by atoms with Gasteiger partial charge in [-0.1, -0.05) is 0 Å². The van der Waals surface area contributed by atoms with Crippen LogP contribution in [0, 0.1) is 0 Å². The number of rotatable bonds is 6. The summed E-state index contributed by atoms with van der Waals surface area (Å²) in [5.41, 5.74) is 4.86. The molecule has 1 aliphatic carbocycles. The number of aliphatic hydroxyl groups excluding tert-OH is 1. The SMILES string of the molecule is CC(NCC(O)C(N)=O)C(=O)NC1CC1. The molecule has 15 heavy (non-hydrogen) atoms. The second-order valence-electron chi connectivity index (χ2n) is 3.83. The summed E-state index contributed by atoms with van der Waals surface area (Å²) in [5, 5.41) is 14.6. The number of primary amides is 1. The standard InChI is InChI=1S/C9H17N3O3/c1-5(9(15)12-6-2-3-6)11-4-7(13)8(10)14/h5-7,11,13H,2-4H2,1H3,(H2,10,14)(H,12,15).